The molecule has 6 nitrogen and oxygen atoms in total. The van der Waals surface area contributed by atoms with E-state index in [1.165, 1.54) is 12.8 Å². The zero-order valence-corrected chi connectivity index (χ0v) is 12.0. The van der Waals surface area contributed by atoms with Crippen molar-refractivity contribution in [3.8, 4) is 22.8 Å². The van der Waals surface area contributed by atoms with Crippen LogP contribution in [0.5, 0.6) is 0 Å². The van der Waals surface area contributed by atoms with Gasteiger partial charge in [0.2, 0.25) is 5.82 Å². The second-order valence-electron chi connectivity index (χ2n) is 5.24. The minimum Gasteiger partial charge on any atom is -0.356 e. The zero-order chi connectivity index (χ0) is 14.8. The Morgan fingerprint density at radius 2 is 1.86 bits per heavy atom. The molecule has 0 spiro atoms. The molecule has 0 saturated carbocycles. The van der Waals surface area contributed by atoms with Gasteiger partial charge in [0, 0.05) is 24.8 Å². The van der Waals surface area contributed by atoms with Crippen molar-refractivity contribution < 1.29 is 4.52 Å². The van der Waals surface area contributed by atoms with Crippen LogP contribution in [-0.2, 0) is 0 Å². The molecule has 0 amide bonds. The van der Waals surface area contributed by atoms with Crippen LogP contribution in [0.3, 0.4) is 0 Å². The van der Waals surface area contributed by atoms with E-state index in [4.69, 9.17) is 4.52 Å². The van der Waals surface area contributed by atoms with Crippen LogP contribution < -0.4 is 4.90 Å². The van der Waals surface area contributed by atoms with Crippen LogP contribution in [0.25, 0.3) is 22.8 Å². The summed E-state index contributed by atoms with van der Waals surface area (Å²) < 4.78 is 5.44. The van der Waals surface area contributed by atoms with Crippen molar-refractivity contribution in [3.05, 3.63) is 42.9 Å². The van der Waals surface area contributed by atoms with Gasteiger partial charge in [-0.25, -0.2) is 9.97 Å². The molecule has 0 atom stereocenters. The third-order valence-electron chi connectivity index (χ3n) is 3.79. The van der Waals surface area contributed by atoms with Crippen molar-refractivity contribution in [2.24, 2.45) is 0 Å². The van der Waals surface area contributed by atoms with E-state index in [1.807, 2.05) is 30.3 Å². The summed E-state index contributed by atoms with van der Waals surface area (Å²) in [7, 11) is 0. The molecule has 110 valence electrons. The van der Waals surface area contributed by atoms with Crippen molar-refractivity contribution in [2.75, 3.05) is 18.0 Å². The summed E-state index contributed by atoms with van der Waals surface area (Å²) in [6, 6.07) is 9.77. The fourth-order valence-electron chi connectivity index (χ4n) is 2.69. The van der Waals surface area contributed by atoms with Crippen LogP contribution in [0.1, 0.15) is 12.8 Å². The predicted octanol–water partition coefficient (Wildman–Crippen LogP) is 2.79. The molecule has 0 radical (unpaired) electrons. The van der Waals surface area contributed by atoms with Crippen molar-refractivity contribution in [1.82, 2.24) is 20.1 Å². The first kappa shape index (κ1) is 12.9. The lowest BCUT2D eigenvalue weighted by molar-refractivity contribution is 0.432. The van der Waals surface area contributed by atoms with Gasteiger partial charge in [0.15, 0.2) is 0 Å². The highest BCUT2D eigenvalue weighted by Gasteiger charge is 2.21. The summed E-state index contributed by atoms with van der Waals surface area (Å²) in [5.41, 5.74) is 1.72. The molecule has 0 unspecified atom stereocenters. The Hall–Kier alpha value is -2.76. The van der Waals surface area contributed by atoms with Gasteiger partial charge in [-0.05, 0) is 12.8 Å². The molecule has 1 fully saturated rings. The molecule has 0 bridgehead atoms. The lowest BCUT2D eigenvalue weighted by Gasteiger charge is -2.17. The molecule has 0 N–H and O–H groups in total. The lowest BCUT2D eigenvalue weighted by Crippen LogP contribution is -2.20. The summed E-state index contributed by atoms with van der Waals surface area (Å²) in [4.78, 5) is 15.3. The molecule has 22 heavy (non-hydrogen) atoms. The lowest BCUT2D eigenvalue weighted by atomic mass is 10.2. The molecular formula is C16H15N5O. The number of aromatic nitrogens is 4. The highest BCUT2D eigenvalue weighted by molar-refractivity contribution is 5.70. The number of anilines is 1. The number of rotatable bonds is 3. The highest BCUT2D eigenvalue weighted by atomic mass is 16.5. The maximum Gasteiger partial charge on any atom is 0.263 e. The van der Waals surface area contributed by atoms with Gasteiger partial charge in [0.1, 0.15) is 17.7 Å². The van der Waals surface area contributed by atoms with Crippen LogP contribution in [0.4, 0.5) is 5.82 Å². The van der Waals surface area contributed by atoms with E-state index in [0.717, 1.165) is 30.0 Å². The third-order valence-corrected chi connectivity index (χ3v) is 3.79. The Bertz CT molecular complexity index is 765. The van der Waals surface area contributed by atoms with Gasteiger partial charge in [-0.15, -0.1) is 0 Å². The summed E-state index contributed by atoms with van der Waals surface area (Å²) in [6.45, 7) is 2.01. The van der Waals surface area contributed by atoms with Crippen molar-refractivity contribution >= 4 is 5.82 Å². The predicted molar refractivity (Wildman–Crippen MR) is 82.2 cm³/mol. The quantitative estimate of drug-likeness (QED) is 0.739. The SMILES string of the molecule is c1ccc(-c2noc(-c3cncnc3N3CCCC3)n2)cc1. The van der Waals surface area contributed by atoms with E-state index in [9.17, 15) is 0 Å². The first-order chi connectivity index (χ1) is 10.9. The molecule has 1 saturated heterocycles. The first-order valence-electron chi connectivity index (χ1n) is 7.36. The van der Waals surface area contributed by atoms with E-state index < -0.39 is 0 Å². The Kier molecular flexibility index (Phi) is 3.27. The molecule has 6 heteroatoms. The Labute approximate surface area is 127 Å². The van der Waals surface area contributed by atoms with Crippen LogP contribution in [-0.4, -0.2) is 33.2 Å². The van der Waals surface area contributed by atoms with Crippen molar-refractivity contribution in [3.63, 3.8) is 0 Å². The molecule has 2 aromatic heterocycles. The second kappa shape index (κ2) is 5.55. The van der Waals surface area contributed by atoms with E-state index >= 15 is 0 Å². The van der Waals surface area contributed by atoms with Gasteiger partial charge >= 0.3 is 0 Å². The average molecular weight is 293 g/mol. The molecule has 1 aliphatic heterocycles. The Morgan fingerprint density at radius 3 is 2.68 bits per heavy atom. The van der Waals surface area contributed by atoms with Crippen LogP contribution in [0.2, 0.25) is 0 Å². The Balaban J connectivity index is 1.72. The normalized spacial score (nSPS) is 14.5. The maximum absolute atomic E-state index is 5.44. The smallest absolute Gasteiger partial charge is 0.263 e. The molecule has 4 rings (SSSR count). The number of nitrogens with zero attached hydrogens (tertiary/aromatic N) is 5. The maximum atomic E-state index is 5.44. The topological polar surface area (TPSA) is 67.9 Å². The van der Waals surface area contributed by atoms with Gasteiger partial charge in [-0.2, -0.15) is 4.98 Å². The van der Waals surface area contributed by atoms with E-state index in [2.05, 4.69) is 25.0 Å². The number of benzene rings is 1. The van der Waals surface area contributed by atoms with Crippen LogP contribution >= 0.6 is 0 Å². The minimum absolute atomic E-state index is 0.460. The highest BCUT2D eigenvalue weighted by Crippen LogP contribution is 2.30. The van der Waals surface area contributed by atoms with Gasteiger partial charge in [0.05, 0.1) is 0 Å². The second-order valence-corrected chi connectivity index (χ2v) is 5.24. The molecule has 3 heterocycles. The fourth-order valence-corrected chi connectivity index (χ4v) is 2.69. The molecule has 1 aliphatic rings. The first-order valence-corrected chi connectivity index (χ1v) is 7.36. The number of hydrogen-bond acceptors (Lipinski definition) is 6. The summed E-state index contributed by atoms with van der Waals surface area (Å²) >= 11 is 0. The summed E-state index contributed by atoms with van der Waals surface area (Å²) in [5.74, 6) is 1.91. The van der Waals surface area contributed by atoms with E-state index in [-0.39, 0.29) is 0 Å². The van der Waals surface area contributed by atoms with Gasteiger partial charge in [-0.1, -0.05) is 35.5 Å². The molecule has 0 aliphatic carbocycles. The van der Waals surface area contributed by atoms with Crippen LogP contribution in [0, 0.1) is 0 Å². The summed E-state index contributed by atoms with van der Waals surface area (Å²) in [6.07, 6.45) is 5.67. The monoisotopic (exact) mass is 293 g/mol. The molecule has 3 aromatic rings. The van der Waals surface area contributed by atoms with Crippen molar-refractivity contribution in [2.45, 2.75) is 12.8 Å². The van der Waals surface area contributed by atoms with E-state index in [1.54, 1.807) is 12.5 Å². The largest absolute Gasteiger partial charge is 0.356 e. The minimum atomic E-state index is 0.460. The third kappa shape index (κ3) is 2.32. The van der Waals surface area contributed by atoms with Gasteiger partial charge in [0.25, 0.3) is 5.89 Å². The zero-order valence-electron chi connectivity index (χ0n) is 12.0. The van der Waals surface area contributed by atoms with Crippen LogP contribution in [0.15, 0.2) is 47.4 Å². The van der Waals surface area contributed by atoms with Crippen molar-refractivity contribution in [1.29, 1.82) is 0 Å². The van der Waals surface area contributed by atoms with E-state index in [0.29, 0.717) is 11.7 Å². The molecular weight excluding hydrogens is 278 g/mol. The molecule has 1 aromatic carbocycles. The van der Waals surface area contributed by atoms with Gasteiger partial charge in [-0.3, -0.25) is 0 Å². The fraction of sp³-hybridized carbons (Fsp3) is 0.250. The standard InChI is InChI=1S/C16H15N5O/c1-2-6-12(7-3-1)14-19-16(22-20-14)13-10-17-11-18-15(13)21-8-4-5-9-21/h1-3,6-7,10-11H,4-5,8-9H2. The van der Waals surface area contributed by atoms with Gasteiger partial charge < -0.3 is 9.42 Å². The Morgan fingerprint density at radius 1 is 1.05 bits per heavy atom. The summed E-state index contributed by atoms with van der Waals surface area (Å²) in [5, 5.41) is 4.07. The number of hydrogen-bond donors (Lipinski definition) is 0. The average Bonchev–Trinajstić information content (AvgIpc) is 3.28.